The fourth-order valence-electron chi connectivity index (χ4n) is 1.73. The van der Waals surface area contributed by atoms with Crippen molar-refractivity contribution in [3.8, 4) is 5.75 Å². The fraction of sp³-hybridized carbons (Fsp3) is 0.143. The van der Waals surface area contributed by atoms with Crippen LogP contribution in [0.5, 0.6) is 5.75 Å². The highest BCUT2D eigenvalue weighted by atomic mass is 79.9. The molecule has 1 atom stereocenters. The zero-order valence-corrected chi connectivity index (χ0v) is 14.7. The van der Waals surface area contributed by atoms with E-state index in [1.54, 1.807) is 6.07 Å². The zero-order valence-electron chi connectivity index (χ0n) is 9.96. The normalized spacial score (nSPS) is 12.3. The Morgan fingerprint density at radius 1 is 1.11 bits per heavy atom. The molecule has 2 aromatic carbocycles. The summed E-state index contributed by atoms with van der Waals surface area (Å²) in [5, 5.41) is 0. The first kappa shape index (κ1) is 15.0. The number of methoxy groups -OCH3 is 1. The standard InChI is InChI=1S/C14H10Br3FO/c1-19-13-7-12(18)11(16)6-10(13)14(17)8-2-4-9(15)5-3-8/h2-7,14H,1H3. The van der Waals surface area contributed by atoms with E-state index in [0.717, 1.165) is 15.6 Å². The number of benzene rings is 2. The van der Waals surface area contributed by atoms with E-state index in [4.69, 9.17) is 4.74 Å². The Labute approximate surface area is 136 Å². The lowest BCUT2D eigenvalue weighted by molar-refractivity contribution is 0.406. The molecule has 0 fully saturated rings. The third-order valence-corrected chi connectivity index (χ3v) is 4.87. The summed E-state index contributed by atoms with van der Waals surface area (Å²) in [5.74, 6) is 0.182. The van der Waals surface area contributed by atoms with Crippen molar-refractivity contribution < 1.29 is 9.13 Å². The molecule has 2 rings (SSSR count). The second kappa shape index (κ2) is 6.37. The number of ether oxygens (including phenoxy) is 1. The number of alkyl halides is 1. The van der Waals surface area contributed by atoms with Crippen molar-refractivity contribution in [1.82, 2.24) is 0 Å². The Morgan fingerprint density at radius 3 is 2.32 bits per heavy atom. The van der Waals surface area contributed by atoms with E-state index in [1.807, 2.05) is 24.3 Å². The molecular formula is C14H10Br3FO. The molecule has 5 heteroatoms. The number of hydrogen-bond donors (Lipinski definition) is 0. The van der Waals surface area contributed by atoms with Gasteiger partial charge in [0.1, 0.15) is 11.6 Å². The van der Waals surface area contributed by atoms with E-state index >= 15 is 0 Å². The van der Waals surface area contributed by atoms with Crippen molar-refractivity contribution in [2.75, 3.05) is 7.11 Å². The Balaban J connectivity index is 2.45. The predicted molar refractivity (Wildman–Crippen MR) is 85.6 cm³/mol. The molecule has 1 unspecified atom stereocenters. The van der Waals surface area contributed by atoms with E-state index in [2.05, 4.69) is 47.8 Å². The molecule has 0 aliphatic rings. The predicted octanol–water partition coefficient (Wildman–Crippen LogP) is 5.84. The summed E-state index contributed by atoms with van der Waals surface area (Å²) >= 11 is 10.2. The highest BCUT2D eigenvalue weighted by molar-refractivity contribution is 9.10. The number of halogens is 4. The smallest absolute Gasteiger partial charge is 0.141 e. The molecule has 0 bridgehead atoms. The van der Waals surface area contributed by atoms with Gasteiger partial charge in [-0.1, -0.05) is 44.0 Å². The maximum absolute atomic E-state index is 13.5. The van der Waals surface area contributed by atoms with Gasteiger partial charge in [0.25, 0.3) is 0 Å². The topological polar surface area (TPSA) is 9.23 Å². The van der Waals surface area contributed by atoms with Gasteiger partial charge >= 0.3 is 0 Å². The maximum atomic E-state index is 13.5. The quantitative estimate of drug-likeness (QED) is 0.531. The van der Waals surface area contributed by atoms with Crippen LogP contribution < -0.4 is 4.74 Å². The average Bonchev–Trinajstić information content (AvgIpc) is 2.41. The fourth-order valence-corrected chi connectivity index (χ4v) is 3.02. The molecule has 0 aromatic heterocycles. The van der Waals surface area contributed by atoms with Gasteiger partial charge in [0.15, 0.2) is 0 Å². The molecule has 1 nitrogen and oxygen atoms in total. The largest absolute Gasteiger partial charge is 0.496 e. The van der Waals surface area contributed by atoms with Gasteiger partial charge in [0, 0.05) is 16.1 Å². The van der Waals surface area contributed by atoms with Crippen molar-refractivity contribution in [3.05, 3.63) is 62.3 Å². The molecule has 0 radical (unpaired) electrons. The summed E-state index contributed by atoms with van der Waals surface area (Å²) in [6.07, 6.45) is 0. The van der Waals surface area contributed by atoms with Crippen LogP contribution in [0.4, 0.5) is 4.39 Å². The second-order valence-electron chi connectivity index (χ2n) is 3.92. The lowest BCUT2D eigenvalue weighted by Gasteiger charge is -2.15. The number of hydrogen-bond acceptors (Lipinski definition) is 1. The molecule has 0 spiro atoms. The van der Waals surface area contributed by atoms with E-state index < -0.39 is 0 Å². The van der Waals surface area contributed by atoms with E-state index in [0.29, 0.717) is 10.2 Å². The zero-order chi connectivity index (χ0) is 14.0. The maximum Gasteiger partial charge on any atom is 0.141 e. The molecule has 2 aromatic rings. The molecule has 19 heavy (non-hydrogen) atoms. The Kier molecular flexibility index (Phi) is 5.03. The van der Waals surface area contributed by atoms with Gasteiger partial charge in [-0.25, -0.2) is 4.39 Å². The van der Waals surface area contributed by atoms with Crippen LogP contribution in [-0.4, -0.2) is 7.11 Å². The Bertz CT molecular complexity index is 584. The molecule has 0 saturated carbocycles. The van der Waals surface area contributed by atoms with E-state index in [1.165, 1.54) is 13.2 Å². The van der Waals surface area contributed by atoms with Gasteiger partial charge in [0.2, 0.25) is 0 Å². The number of rotatable bonds is 3. The molecule has 0 aliphatic heterocycles. The molecule has 0 saturated heterocycles. The van der Waals surface area contributed by atoms with E-state index in [-0.39, 0.29) is 10.6 Å². The third-order valence-electron chi connectivity index (χ3n) is 2.71. The minimum atomic E-state index is -0.337. The van der Waals surface area contributed by atoms with Gasteiger partial charge in [-0.3, -0.25) is 0 Å². The van der Waals surface area contributed by atoms with Crippen LogP contribution in [0.15, 0.2) is 45.3 Å². The van der Waals surface area contributed by atoms with Crippen LogP contribution in [0.25, 0.3) is 0 Å². The summed E-state index contributed by atoms with van der Waals surface area (Å²) < 4.78 is 20.2. The van der Waals surface area contributed by atoms with Crippen LogP contribution in [0.3, 0.4) is 0 Å². The van der Waals surface area contributed by atoms with Crippen LogP contribution in [-0.2, 0) is 0 Å². The van der Waals surface area contributed by atoms with Crippen molar-refractivity contribution in [3.63, 3.8) is 0 Å². The lowest BCUT2D eigenvalue weighted by Crippen LogP contribution is -1.98. The summed E-state index contributed by atoms with van der Waals surface area (Å²) in [6.45, 7) is 0. The average molecular weight is 453 g/mol. The van der Waals surface area contributed by atoms with Gasteiger partial charge in [-0.05, 0) is 39.7 Å². The lowest BCUT2D eigenvalue weighted by atomic mass is 10.0. The van der Waals surface area contributed by atoms with Crippen LogP contribution in [0.1, 0.15) is 16.0 Å². The van der Waals surface area contributed by atoms with Crippen molar-refractivity contribution >= 4 is 47.8 Å². The second-order valence-corrected chi connectivity index (χ2v) is 6.61. The van der Waals surface area contributed by atoms with Gasteiger partial charge < -0.3 is 4.74 Å². The van der Waals surface area contributed by atoms with Crippen molar-refractivity contribution in [1.29, 1.82) is 0 Å². The minimum absolute atomic E-state index is 0.0625. The summed E-state index contributed by atoms with van der Waals surface area (Å²) in [4.78, 5) is -0.0625. The first-order valence-corrected chi connectivity index (χ1v) is 7.95. The summed E-state index contributed by atoms with van der Waals surface area (Å²) in [6, 6.07) is 11.0. The summed E-state index contributed by atoms with van der Waals surface area (Å²) in [7, 11) is 1.54. The Hall–Kier alpha value is -0.390. The molecular weight excluding hydrogens is 443 g/mol. The Morgan fingerprint density at radius 2 is 1.74 bits per heavy atom. The SMILES string of the molecule is COc1cc(F)c(Br)cc1C(Br)c1ccc(Br)cc1. The monoisotopic (exact) mass is 450 g/mol. The van der Waals surface area contributed by atoms with Crippen molar-refractivity contribution in [2.24, 2.45) is 0 Å². The van der Waals surface area contributed by atoms with Gasteiger partial charge in [0.05, 0.1) is 16.4 Å². The molecule has 0 heterocycles. The van der Waals surface area contributed by atoms with Crippen LogP contribution >= 0.6 is 47.8 Å². The minimum Gasteiger partial charge on any atom is -0.496 e. The molecule has 100 valence electrons. The van der Waals surface area contributed by atoms with Gasteiger partial charge in [-0.2, -0.15) is 0 Å². The van der Waals surface area contributed by atoms with Gasteiger partial charge in [-0.15, -0.1) is 0 Å². The highest BCUT2D eigenvalue weighted by Crippen LogP contribution is 2.39. The first-order chi connectivity index (χ1) is 9.02. The first-order valence-electron chi connectivity index (χ1n) is 5.45. The van der Waals surface area contributed by atoms with Crippen molar-refractivity contribution in [2.45, 2.75) is 4.83 Å². The van der Waals surface area contributed by atoms with E-state index in [9.17, 15) is 4.39 Å². The molecule has 0 N–H and O–H groups in total. The van der Waals surface area contributed by atoms with Crippen LogP contribution in [0, 0.1) is 5.82 Å². The van der Waals surface area contributed by atoms with Crippen LogP contribution in [0.2, 0.25) is 0 Å². The molecule has 0 aliphatic carbocycles. The molecule has 0 amide bonds. The third kappa shape index (κ3) is 3.38. The summed E-state index contributed by atoms with van der Waals surface area (Å²) in [5.41, 5.74) is 1.94. The highest BCUT2D eigenvalue weighted by Gasteiger charge is 2.17.